The molecule has 0 bridgehead atoms. The zero-order valence-electron chi connectivity index (χ0n) is 15.0. The number of nitrogens with one attached hydrogen (secondary N) is 1. The fraction of sp³-hybridized carbons (Fsp3) is 0.611. The molecular weight excluding hydrogens is 320 g/mol. The number of rotatable bonds is 5. The quantitative estimate of drug-likeness (QED) is 0.904. The van der Waals surface area contributed by atoms with E-state index in [1.54, 1.807) is 11.3 Å². The third-order valence-corrected chi connectivity index (χ3v) is 6.21. The molecule has 0 fully saturated rings. The monoisotopic (exact) mass is 346 g/mol. The zero-order valence-corrected chi connectivity index (χ0v) is 15.8. The average Bonchev–Trinajstić information content (AvgIpc) is 3.08. The summed E-state index contributed by atoms with van der Waals surface area (Å²) in [6.45, 7) is 6.08. The second-order valence-corrected chi connectivity index (χ2v) is 7.81. The van der Waals surface area contributed by atoms with Crippen molar-refractivity contribution < 1.29 is 4.79 Å². The Morgan fingerprint density at radius 1 is 1.33 bits per heavy atom. The summed E-state index contributed by atoms with van der Waals surface area (Å²) in [5.41, 5.74) is 4.60. The number of aromatic nitrogens is 3. The maximum absolute atomic E-state index is 12.3. The maximum Gasteiger partial charge on any atom is 0.220 e. The minimum Gasteiger partial charge on any atom is -0.347 e. The summed E-state index contributed by atoms with van der Waals surface area (Å²) in [5.74, 6) is 0.0818. The smallest absolute Gasteiger partial charge is 0.220 e. The number of carbonyl (C=O) groups excluding carboxylic acids is 1. The number of hydrogen-bond donors (Lipinski definition) is 1. The van der Waals surface area contributed by atoms with Crippen LogP contribution in [-0.2, 0) is 31.1 Å². The molecule has 1 amide bonds. The van der Waals surface area contributed by atoms with Gasteiger partial charge in [0.1, 0.15) is 5.01 Å². The second-order valence-electron chi connectivity index (χ2n) is 6.69. The van der Waals surface area contributed by atoms with Crippen LogP contribution in [0.5, 0.6) is 0 Å². The Morgan fingerprint density at radius 2 is 2.08 bits per heavy atom. The minimum absolute atomic E-state index is 0.0100. The van der Waals surface area contributed by atoms with Gasteiger partial charge in [-0.2, -0.15) is 5.10 Å². The van der Waals surface area contributed by atoms with Gasteiger partial charge in [-0.05, 0) is 58.4 Å². The summed E-state index contributed by atoms with van der Waals surface area (Å²) in [7, 11) is 1.94. The Labute approximate surface area is 147 Å². The number of amides is 1. The predicted octanol–water partition coefficient (Wildman–Crippen LogP) is 3.18. The van der Waals surface area contributed by atoms with E-state index >= 15 is 0 Å². The van der Waals surface area contributed by atoms with E-state index in [9.17, 15) is 4.79 Å². The fourth-order valence-corrected chi connectivity index (χ4v) is 4.51. The Bertz CT molecular complexity index is 723. The lowest BCUT2D eigenvalue weighted by molar-refractivity contribution is -0.121. The summed E-state index contributed by atoms with van der Waals surface area (Å²) in [4.78, 5) is 18.5. The third-order valence-electron chi connectivity index (χ3n) is 4.87. The van der Waals surface area contributed by atoms with Crippen molar-refractivity contribution in [3.05, 3.63) is 32.5 Å². The second kappa shape index (κ2) is 7.05. The van der Waals surface area contributed by atoms with Crippen molar-refractivity contribution in [3.8, 4) is 0 Å². The number of fused-ring (bicyclic) bond motifs is 1. The Balaban J connectivity index is 1.57. The fourth-order valence-electron chi connectivity index (χ4n) is 3.35. The molecule has 130 valence electrons. The Morgan fingerprint density at radius 3 is 2.75 bits per heavy atom. The molecule has 0 saturated carbocycles. The number of thiazole rings is 1. The highest BCUT2D eigenvalue weighted by atomic mass is 32.1. The molecule has 2 heterocycles. The van der Waals surface area contributed by atoms with Gasteiger partial charge in [-0.25, -0.2) is 4.98 Å². The van der Waals surface area contributed by atoms with E-state index in [-0.39, 0.29) is 11.9 Å². The van der Waals surface area contributed by atoms with E-state index in [1.807, 2.05) is 25.6 Å². The maximum atomic E-state index is 12.3. The lowest BCUT2D eigenvalue weighted by Crippen LogP contribution is -2.26. The van der Waals surface area contributed by atoms with E-state index in [1.165, 1.54) is 29.0 Å². The molecule has 6 heteroatoms. The molecule has 0 radical (unpaired) electrons. The van der Waals surface area contributed by atoms with E-state index in [0.717, 1.165) is 35.7 Å². The van der Waals surface area contributed by atoms with Crippen LogP contribution in [0.1, 0.15) is 64.8 Å². The lowest BCUT2D eigenvalue weighted by atomic mass is 10.0. The van der Waals surface area contributed by atoms with Crippen LogP contribution in [0.25, 0.3) is 0 Å². The van der Waals surface area contributed by atoms with Crippen LogP contribution >= 0.6 is 11.3 Å². The van der Waals surface area contributed by atoms with Crippen molar-refractivity contribution in [2.24, 2.45) is 7.05 Å². The predicted molar refractivity (Wildman–Crippen MR) is 96.3 cm³/mol. The Kier molecular flexibility index (Phi) is 5.04. The van der Waals surface area contributed by atoms with E-state index in [0.29, 0.717) is 6.42 Å². The minimum atomic E-state index is -0.0100. The lowest BCUT2D eigenvalue weighted by Gasteiger charge is -2.11. The molecule has 0 spiro atoms. The van der Waals surface area contributed by atoms with Gasteiger partial charge < -0.3 is 5.32 Å². The molecule has 0 aliphatic heterocycles. The molecule has 3 rings (SSSR count). The first kappa shape index (κ1) is 17.1. The highest BCUT2D eigenvalue weighted by molar-refractivity contribution is 7.11. The Hall–Kier alpha value is -1.69. The van der Waals surface area contributed by atoms with Crippen LogP contribution in [-0.4, -0.2) is 20.7 Å². The summed E-state index contributed by atoms with van der Waals surface area (Å²) < 4.78 is 1.88. The van der Waals surface area contributed by atoms with Crippen LogP contribution in [0.3, 0.4) is 0 Å². The SMILES string of the molecule is Cc1nn(C)c(C)c1CCC(=O)N[C@@H](C)c1nc2c(s1)CCCC2. The van der Waals surface area contributed by atoms with Crippen molar-refractivity contribution in [2.45, 2.75) is 65.3 Å². The molecular formula is C18H26N4OS. The van der Waals surface area contributed by atoms with Crippen LogP contribution in [0.2, 0.25) is 0 Å². The van der Waals surface area contributed by atoms with E-state index in [2.05, 4.69) is 17.3 Å². The number of carbonyl (C=O) groups is 1. The molecule has 1 aliphatic carbocycles. The molecule has 1 N–H and O–H groups in total. The van der Waals surface area contributed by atoms with Crippen molar-refractivity contribution in [2.75, 3.05) is 0 Å². The van der Waals surface area contributed by atoms with Crippen molar-refractivity contribution in [1.82, 2.24) is 20.1 Å². The van der Waals surface area contributed by atoms with E-state index in [4.69, 9.17) is 4.98 Å². The first-order valence-corrected chi connectivity index (χ1v) is 9.54. The summed E-state index contributed by atoms with van der Waals surface area (Å²) >= 11 is 1.77. The average molecular weight is 347 g/mol. The topological polar surface area (TPSA) is 59.8 Å². The number of hydrogen-bond acceptors (Lipinski definition) is 4. The summed E-state index contributed by atoms with van der Waals surface area (Å²) in [6, 6.07) is -0.0100. The van der Waals surface area contributed by atoms with Gasteiger partial charge in [0.05, 0.1) is 17.4 Å². The first-order chi connectivity index (χ1) is 11.5. The largest absolute Gasteiger partial charge is 0.347 e. The molecule has 1 atom stereocenters. The van der Waals surface area contributed by atoms with Crippen molar-refractivity contribution in [3.63, 3.8) is 0 Å². The number of nitrogens with zero attached hydrogens (tertiary/aromatic N) is 3. The summed E-state index contributed by atoms with van der Waals surface area (Å²) in [6.07, 6.45) is 5.96. The molecule has 2 aromatic rings. The zero-order chi connectivity index (χ0) is 17.3. The summed E-state index contributed by atoms with van der Waals surface area (Å²) in [5, 5.41) is 8.56. The third kappa shape index (κ3) is 3.53. The molecule has 24 heavy (non-hydrogen) atoms. The van der Waals surface area contributed by atoms with Gasteiger partial charge in [-0.1, -0.05) is 0 Å². The van der Waals surface area contributed by atoms with Crippen LogP contribution < -0.4 is 5.32 Å². The highest BCUT2D eigenvalue weighted by Crippen LogP contribution is 2.29. The van der Waals surface area contributed by atoms with Crippen LogP contribution in [0.15, 0.2) is 0 Å². The first-order valence-electron chi connectivity index (χ1n) is 8.72. The number of aryl methyl sites for hydroxylation is 4. The van der Waals surface area contributed by atoms with Crippen LogP contribution in [0.4, 0.5) is 0 Å². The molecule has 1 aliphatic rings. The van der Waals surface area contributed by atoms with Gasteiger partial charge in [0.15, 0.2) is 0 Å². The standard InChI is InChI=1S/C18H26N4OS/c1-11-14(13(3)22(4)21-11)9-10-17(23)19-12(2)18-20-15-7-5-6-8-16(15)24-18/h12H,5-10H2,1-4H3,(H,19,23)/t12-/m0/s1. The molecule has 5 nitrogen and oxygen atoms in total. The van der Waals surface area contributed by atoms with Gasteiger partial charge in [-0.15, -0.1) is 11.3 Å². The molecule has 0 aromatic carbocycles. The van der Waals surface area contributed by atoms with Gasteiger partial charge >= 0.3 is 0 Å². The van der Waals surface area contributed by atoms with Gasteiger partial charge in [-0.3, -0.25) is 9.48 Å². The molecule has 2 aromatic heterocycles. The van der Waals surface area contributed by atoms with E-state index < -0.39 is 0 Å². The van der Waals surface area contributed by atoms with Crippen molar-refractivity contribution in [1.29, 1.82) is 0 Å². The van der Waals surface area contributed by atoms with Crippen LogP contribution in [0, 0.1) is 13.8 Å². The normalized spacial score (nSPS) is 15.2. The molecule has 0 saturated heterocycles. The van der Waals surface area contributed by atoms with Gasteiger partial charge in [0, 0.05) is 24.0 Å². The van der Waals surface area contributed by atoms with Crippen molar-refractivity contribution >= 4 is 17.2 Å². The van der Waals surface area contributed by atoms with Gasteiger partial charge in [0.2, 0.25) is 5.91 Å². The highest BCUT2D eigenvalue weighted by Gasteiger charge is 2.20. The molecule has 0 unspecified atom stereocenters. The van der Waals surface area contributed by atoms with Gasteiger partial charge in [0.25, 0.3) is 0 Å².